The monoisotopic (exact) mass is 344 g/mol. The van der Waals surface area contributed by atoms with Crippen molar-refractivity contribution < 1.29 is 22.0 Å². The normalized spacial score (nSPS) is 12.5. The molecule has 7 heteroatoms. The molecule has 2 aromatic rings. The Labute approximate surface area is 134 Å². The van der Waals surface area contributed by atoms with E-state index < -0.39 is 10.1 Å². The summed E-state index contributed by atoms with van der Waals surface area (Å²) in [6.07, 6.45) is 5.78. The molecular formula is C15H19ClNO4S+. The molecule has 1 heterocycles. The predicted octanol–water partition coefficient (Wildman–Crippen LogP) is 3.46. The van der Waals surface area contributed by atoms with E-state index in [1.54, 1.807) is 6.07 Å². The third-order valence-corrected chi connectivity index (χ3v) is 4.26. The van der Waals surface area contributed by atoms with Gasteiger partial charge < -0.3 is 4.42 Å². The van der Waals surface area contributed by atoms with Crippen LogP contribution < -0.4 is 4.57 Å². The summed E-state index contributed by atoms with van der Waals surface area (Å²) < 4.78 is 38.1. The Balaban J connectivity index is 2.24. The average Bonchev–Trinajstić information content (AvgIpc) is 2.77. The second kappa shape index (κ2) is 7.26. The van der Waals surface area contributed by atoms with Crippen molar-refractivity contribution in [2.75, 3.05) is 5.75 Å². The third kappa shape index (κ3) is 4.56. The fourth-order valence-corrected chi connectivity index (χ4v) is 2.94. The Bertz CT molecular complexity index is 780. The van der Waals surface area contributed by atoms with Crippen molar-refractivity contribution in [1.82, 2.24) is 0 Å². The van der Waals surface area contributed by atoms with E-state index in [1.807, 2.05) is 35.8 Å². The van der Waals surface area contributed by atoms with Gasteiger partial charge in [-0.25, -0.2) is 0 Å². The highest BCUT2D eigenvalue weighted by Crippen LogP contribution is 2.20. The maximum absolute atomic E-state index is 10.8. The molecule has 2 rings (SSSR count). The Kier molecular flexibility index (Phi) is 5.61. The molecule has 120 valence electrons. The largest absolute Gasteiger partial charge is 0.398 e. The van der Waals surface area contributed by atoms with Crippen LogP contribution in [0, 0.1) is 0 Å². The first kappa shape index (κ1) is 17.0. The summed E-state index contributed by atoms with van der Waals surface area (Å²) in [4.78, 5) is 0. The van der Waals surface area contributed by atoms with E-state index in [-0.39, 0.29) is 5.75 Å². The maximum atomic E-state index is 10.8. The highest BCUT2D eigenvalue weighted by atomic mass is 35.5. The quantitative estimate of drug-likeness (QED) is 0.474. The molecule has 0 spiro atoms. The second-order valence-corrected chi connectivity index (χ2v) is 7.02. The number of rotatable bonds is 7. The predicted molar refractivity (Wildman–Crippen MR) is 86.4 cm³/mol. The van der Waals surface area contributed by atoms with Gasteiger partial charge in [-0.2, -0.15) is 13.0 Å². The number of aromatic nitrogens is 1. The van der Waals surface area contributed by atoms with Crippen molar-refractivity contribution >= 4 is 38.9 Å². The van der Waals surface area contributed by atoms with Crippen LogP contribution in [0.15, 0.2) is 28.7 Å². The van der Waals surface area contributed by atoms with Crippen LogP contribution in [0.5, 0.6) is 0 Å². The molecule has 0 aliphatic carbocycles. The fraction of sp³-hybridized carbons (Fsp3) is 0.400. The maximum Gasteiger partial charge on any atom is 0.373 e. The van der Waals surface area contributed by atoms with E-state index >= 15 is 0 Å². The van der Waals surface area contributed by atoms with Gasteiger partial charge in [0.1, 0.15) is 0 Å². The standard InChI is InChI=1S/C15H18ClNO4S/c1-2-3-6-15-17(9-4-5-10-22(18,19)20)13-11-12(16)7-8-14(13)21-15/h3,6-8,11H,2,4-5,9-10H2,1H3/p+1. The lowest BCUT2D eigenvalue weighted by Gasteiger charge is -1.97. The van der Waals surface area contributed by atoms with E-state index in [9.17, 15) is 8.42 Å². The van der Waals surface area contributed by atoms with Crippen LogP contribution in [0.25, 0.3) is 17.2 Å². The molecule has 0 aliphatic heterocycles. The Hall–Kier alpha value is -1.37. The molecule has 0 aliphatic rings. The summed E-state index contributed by atoms with van der Waals surface area (Å²) in [6, 6.07) is 5.41. The number of aryl methyl sites for hydroxylation is 1. The number of unbranched alkanes of at least 4 members (excludes halogenated alkanes) is 1. The van der Waals surface area contributed by atoms with Crippen molar-refractivity contribution in [3.8, 4) is 0 Å². The molecule has 0 atom stereocenters. The Morgan fingerprint density at radius 2 is 2.14 bits per heavy atom. The number of hydrogen-bond acceptors (Lipinski definition) is 3. The lowest BCUT2D eigenvalue weighted by atomic mass is 10.3. The lowest BCUT2D eigenvalue weighted by Crippen LogP contribution is -2.35. The SMILES string of the molecule is CCC=Cc1oc2ccc(Cl)cc2[n+]1CCCCS(=O)(=O)O. The smallest absolute Gasteiger partial charge is 0.373 e. The number of fused-ring (bicyclic) bond motifs is 1. The van der Waals surface area contributed by atoms with Gasteiger partial charge >= 0.3 is 5.89 Å². The van der Waals surface area contributed by atoms with Crippen LogP contribution >= 0.6 is 11.6 Å². The first-order valence-corrected chi connectivity index (χ1v) is 9.13. The molecule has 0 radical (unpaired) electrons. The Morgan fingerprint density at radius 3 is 2.82 bits per heavy atom. The number of nitrogens with zero attached hydrogens (tertiary/aromatic N) is 1. The number of hydrogen-bond donors (Lipinski definition) is 1. The molecule has 0 saturated heterocycles. The van der Waals surface area contributed by atoms with Gasteiger partial charge in [-0.05, 0) is 25.0 Å². The van der Waals surface area contributed by atoms with Crippen LogP contribution in [-0.4, -0.2) is 18.7 Å². The van der Waals surface area contributed by atoms with Crippen molar-refractivity contribution in [3.63, 3.8) is 0 Å². The van der Waals surface area contributed by atoms with Crippen molar-refractivity contribution in [1.29, 1.82) is 0 Å². The van der Waals surface area contributed by atoms with E-state index in [0.29, 0.717) is 30.3 Å². The minimum atomic E-state index is -3.91. The summed E-state index contributed by atoms with van der Waals surface area (Å²) in [5.41, 5.74) is 1.60. The van der Waals surface area contributed by atoms with Gasteiger partial charge in [0.2, 0.25) is 5.58 Å². The molecule has 0 saturated carbocycles. The van der Waals surface area contributed by atoms with Gasteiger partial charge in [-0.1, -0.05) is 24.6 Å². The van der Waals surface area contributed by atoms with Gasteiger partial charge in [-0.3, -0.25) is 4.55 Å². The van der Waals surface area contributed by atoms with Gasteiger partial charge in [0.15, 0.2) is 6.54 Å². The van der Waals surface area contributed by atoms with Crippen LogP contribution in [-0.2, 0) is 16.7 Å². The molecular weight excluding hydrogens is 326 g/mol. The Morgan fingerprint density at radius 1 is 1.36 bits per heavy atom. The zero-order valence-electron chi connectivity index (χ0n) is 12.3. The molecule has 0 amide bonds. The lowest BCUT2D eigenvalue weighted by molar-refractivity contribution is -0.678. The molecule has 1 aromatic carbocycles. The molecule has 22 heavy (non-hydrogen) atoms. The van der Waals surface area contributed by atoms with E-state index in [0.717, 1.165) is 17.5 Å². The van der Waals surface area contributed by atoms with Crippen LogP contribution in [0.4, 0.5) is 0 Å². The molecule has 5 nitrogen and oxygen atoms in total. The zero-order chi connectivity index (χ0) is 16.2. The zero-order valence-corrected chi connectivity index (χ0v) is 13.9. The van der Waals surface area contributed by atoms with Crippen molar-refractivity contribution in [2.45, 2.75) is 32.7 Å². The highest BCUT2D eigenvalue weighted by molar-refractivity contribution is 7.85. The molecule has 0 unspecified atom stereocenters. The summed E-state index contributed by atoms with van der Waals surface area (Å²) in [6.45, 7) is 2.62. The third-order valence-electron chi connectivity index (χ3n) is 3.22. The van der Waals surface area contributed by atoms with Gasteiger partial charge in [0.25, 0.3) is 15.6 Å². The van der Waals surface area contributed by atoms with Crippen LogP contribution in [0.2, 0.25) is 5.02 Å². The summed E-state index contributed by atoms with van der Waals surface area (Å²) in [7, 11) is -3.91. The minimum Gasteiger partial charge on any atom is -0.398 e. The number of halogens is 1. The summed E-state index contributed by atoms with van der Waals surface area (Å²) >= 11 is 6.04. The van der Waals surface area contributed by atoms with E-state index in [1.165, 1.54) is 0 Å². The summed E-state index contributed by atoms with van der Waals surface area (Å²) in [5, 5.41) is 0.617. The minimum absolute atomic E-state index is 0.232. The topological polar surface area (TPSA) is 71.4 Å². The van der Waals surface area contributed by atoms with E-state index in [4.69, 9.17) is 20.6 Å². The van der Waals surface area contributed by atoms with E-state index in [2.05, 4.69) is 0 Å². The van der Waals surface area contributed by atoms with Crippen LogP contribution in [0.1, 0.15) is 32.1 Å². The first-order valence-electron chi connectivity index (χ1n) is 7.14. The highest BCUT2D eigenvalue weighted by Gasteiger charge is 2.20. The van der Waals surface area contributed by atoms with Gasteiger partial charge in [0.05, 0.1) is 5.75 Å². The second-order valence-electron chi connectivity index (χ2n) is 5.01. The van der Waals surface area contributed by atoms with Gasteiger partial charge in [0, 0.05) is 23.6 Å². The number of benzene rings is 1. The number of oxazole rings is 1. The first-order chi connectivity index (χ1) is 10.4. The molecule has 1 N–H and O–H groups in total. The molecule has 1 aromatic heterocycles. The van der Waals surface area contributed by atoms with Crippen molar-refractivity contribution in [3.05, 3.63) is 35.2 Å². The fourth-order valence-electron chi connectivity index (χ4n) is 2.20. The van der Waals surface area contributed by atoms with Crippen molar-refractivity contribution in [2.24, 2.45) is 0 Å². The number of allylic oxidation sites excluding steroid dienone is 1. The average molecular weight is 345 g/mol. The molecule has 0 bridgehead atoms. The van der Waals surface area contributed by atoms with Gasteiger partial charge in [-0.15, -0.1) is 0 Å². The van der Waals surface area contributed by atoms with Crippen LogP contribution in [0.3, 0.4) is 0 Å². The molecule has 0 fully saturated rings. The summed E-state index contributed by atoms with van der Waals surface area (Å²) in [5.74, 6) is 0.468.